The predicted molar refractivity (Wildman–Crippen MR) is 119 cm³/mol. The van der Waals surface area contributed by atoms with Gasteiger partial charge in [-0.3, -0.25) is 9.71 Å². The van der Waals surface area contributed by atoms with Gasteiger partial charge in [-0.1, -0.05) is 0 Å². The summed E-state index contributed by atoms with van der Waals surface area (Å²) in [4.78, 5) is 4.30. The zero-order valence-corrected chi connectivity index (χ0v) is 18.8. The Hall–Kier alpha value is -2.72. The van der Waals surface area contributed by atoms with Crippen LogP contribution in [-0.4, -0.2) is 25.4 Å². The summed E-state index contributed by atoms with van der Waals surface area (Å²) < 4.78 is 86.0. The molecule has 10 heteroatoms. The highest BCUT2D eigenvalue weighted by molar-refractivity contribution is 7.93. The summed E-state index contributed by atoms with van der Waals surface area (Å²) in [5, 5.41) is 0.765. The second-order valence-corrected chi connectivity index (χ2v) is 10.8. The molecule has 1 atom stereocenters. The van der Waals surface area contributed by atoms with Crippen molar-refractivity contribution in [3.8, 4) is 0 Å². The summed E-state index contributed by atoms with van der Waals surface area (Å²) in [7, 11) is -3.97. The molecule has 0 bridgehead atoms. The fraction of sp³-hybridized carbons (Fsp3) is 0.375. The molecular formula is C24H22F4N2O3S. The Balaban J connectivity index is 1.30. The number of nitrogens with one attached hydrogen (secondary N) is 1. The molecule has 2 heterocycles. The number of fused-ring (bicyclic) bond motifs is 1. The third-order valence-corrected chi connectivity index (χ3v) is 8.65. The van der Waals surface area contributed by atoms with Crippen LogP contribution in [0.3, 0.4) is 0 Å². The number of alkyl halides is 3. The summed E-state index contributed by atoms with van der Waals surface area (Å²) in [5.41, 5.74) is -0.710. The van der Waals surface area contributed by atoms with Crippen molar-refractivity contribution in [1.29, 1.82) is 0 Å². The number of pyridine rings is 1. The molecule has 2 aliphatic rings. The van der Waals surface area contributed by atoms with E-state index in [0.717, 1.165) is 35.2 Å². The second-order valence-electron chi connectivity index (χ2n) is 9.06. The summed E-state index contributed by atoms with van der Waals surface area (Å²) in [6.07, 6.45) is -0.155. The summed E-state index contributed by atoms with van der Waals surface area (Å²) >= 11 is 0. The van der Waals surface area contributed by atoms with Crippen LogP contribution < -0.4 is 4.72 Å². The van der Waals surface area contributed by atoms with Crippen LogP contribution >= 0.6 is 0 Å². The molecule has 0 amide bonds. The highest BCUT2D eigenvalue weighted by Gasteiger charge is 2.56. The molecule has 1 saturated heterocycles. The number of hydrogen-bond acceptors (Lipinski definition) is 4. The first kappa shape index (κ1) is 23.0. The summed E-state index contributed by atoms with van der Waals surface area (Å²) in [6.45, 7) is 0.310. The average molecular weight is 495 g/mol. The number of anilines is 1. The van der Waals surface area contributed by atoms with Gasteiger partial charge in [0.1, 0.15) is 5.82 Å². The van der Waals surface area contributed by atoms with Gasteiger partial charge in [0, 0.05) is 22.7 Å². The van der Waals surface area contributed by atoms with Gasteiger partial charge in [0.15, 0.2) is 5.44 Å². The zero-order valence-electron chi connectivity index (χ0n) is 18.0. The molecule has 34 heavy (non-hydrogen) atoms. The largest absolute Gasteiger partial charge is 0.416 e. The SMILES string of the molecule is O=S(=O)(Nc1ccc(C(F)(F)F)cc1)C1OCC12CCC(c1ccnc3ccc(F)cc13)CC2. The maximum atomic E-state index is 13.8. The number of nitrogens with zero attached hydrogens (tertiary/aromatic N) is 1. The van der Waals surface area contributed by atoms with E-state index >= 15 is 0 Å². The molecule has 180 valence electrons. The predicted octanol–water partition coefficient (Wildman–Crippen LogP) is 5.83. The van der Waals surface area contributed by atoms with Gasteiger partial charge in [0.2, 0.25) is 0 Å². The van der Waals surface area contributed by atoms with Crippen LogP contribution in [0.1, 0.15) is 42.7 Å². The van der Waals surface area contributed by atoms with Crippen LogP contribution in [-0.2, 0) is 20.9 Å². The molecule has 1 aromatic heterocycles. The molecule has 1 spiro atoms. The van der Waals surface area contributed by atoms with Gasteiger partial charge in [-0.25, -0.2) is 12.8 Å². The third-order valence-electron chi connectivity index (χ3n) is 6.93. The number of aromatic nitrogens is 1. The lowest BCUT2D eigenvalue weighted by Crippen LogP contribution is -2.58. The van der Waals surface area contributed by atoms with E-state index in [9.17, 15) is 26.0 Å². The number of sulfonamides is 1. The van der Waals surface area contributed by atoms with E-state index in [-0.39, 0.29) is 17.4 Å². The van der Waals surface area contributed by atoms with Crippen LogP contribution in [0.2, 0.25) is 0 Å². The molecule has 0 radical (unpaired) electrons. The van der Waals surface area contributed by atoms with Crippen molar-refractivity contribution in [2.75, 3.05) is 11.3 Å². The van der Waals surface area contributed by atoms with Gasteiger partial charge in [0.25, 0.3) is 10.0 Å². The lowest BCUT2D eigenvalue weighted by atomic mass is 9.67. The summed E-state index contributed by atoms with van der Waals surface area (Å²) in [5.74, 6) is -0.188. The topological polar surface area (TPSA) is 68.3 Å². The Morgan fingerprint density at radius 2 is 1.74 bits per heavy atom. The smallest absolute Gasteiger partial charge is 0.359 e. The van der Waals surface area contributed by atoms with E-state index in [0.29, 0.717) is 37.8 Å². The van der Waals surface area contributed by atoms with Crippen molar-refractivity contribution in [3.63, 3.8) is 0 Å². The molecule has 5 rings (SSSR count). The first-order chi connectivity index (χ1) is 16.1. The fourth-order valence-corrected chi connectivity index (χ4v) is 6.91. The molecule has 1 N–H and O–H groups in total. The summed E-state index contributed by atoms with van der Waals surface area (Å²) in [6, 6.07) is 10.3. The quantitative estimate of drug-likeness (QED) is 0.463. The van der Waals surface area contributed by atoms with Gasteiger partial charge in [0.05, 0.1) is 17.7 Å². The maximum absolute atomic E-state index is 13.8. The average Bonchev–Trinajstić information content (AvgIpc) is 2.77. The third kappa shape index (κ3) is 4.13. The fourth-order valence-electron chi connectivity index (χ4n) is 5.13. The first-order valence-electron chi connectivity index (χ1n) is 10.9. The van der Waals surface area contributed by atoms with Crippen molar-refractivity contribution in [2.24, 2.45) is 5.41 Å². The maximum Gasteiger partial charge on any atom is 0.416 e. The van der Waals surface area contributed by atoms with E-state index in [1.54, 1.807) is 12.3 Å². The number of ether oxygens (including phenoxy) is 1. The number of halogens is 4. The Kier molecular flexibility index (Phi) is 5.55. The molecule has 1 aliphatic carbocycles. The van der Waals surface area contributed by atoms with E-state index in [1.807, 2.05) is 6.07 Å². The van der Waals surface area contributed by atoms with Crippen molar-refractivity contribution in [3.05, 3.63) is 71.7 Å². The minimum Gasteiger partial charge on any atom is -0.359 e. The normalized spacial score (nSPS) is 25.3. The van der Waals surface area contributed by atoms with Gasteiger partial charge in [-0.2, -0.15) is 13.2 Å². The van der Waals surface area contributed by atoms with Crippen molar-refractivity contribution in [2.45, 2.75) is 43.2 Å². The van der Waals surface area contributed by atoms with Gasteiger partial charge < -0.3 is 4.74 Å². The van der Waals surface area contributed by atoms with Gasteiger partial charge in [-0.05, 0) is 85.7 Å². The van der Waals surface area contributed by atoms with Crippen LogP contribution in [0.5, 0.6) is 0 Å². The first-order valence-corrected chi connectivity index (χ1v) is 12.5. The Bertz CT molecular complexity index is 1320. The highest BCUT2D eigenvalue weighted by atomic mass is 32.2. The minimum absolute atomic E-state index is 0.0533. The van der Waals surface area contributed by atoms with Crippen LogP contribution in [0.4, 0.5) is 23.2 Å². The van der Waals surface area contributed by atoms with E-state index < -0.39 is 32.6 Å². The van der Waals surface area contributed by atoms with Crippen molar-refractivity contribution >= 4 is 26.6 Å². The molecule has 1 aliphatic heterocycles. The van der Waals surface area contributed by atoms with E-state index in [4.69, 9.17) is 4.74 Å². The molecule has 1 saturated carbocycles. The van der Waals surface area contributed by atoms with Gasteiger partial charge in [-0.15, -0.1) is 0 Å². The zero-order chi connectivity index (χ0) is 24.1. The van der Waals surface area contributed by atoms with Gasteiger partial charge >= 0.3 is 6.18 Å². The highest BCUT2D eigenvalue weighted by Crippen LogP contribution is 2.53. The number of hydrogen-bond donors (Lipinski definition) is 1. The molecule has 5 nitrogen and oxygen atoms in total. The molecule has 2 fully saturated rings. The van der Waals surface area contributed by atoms with Crippen molar-refractivity contribution in [1.82, 2.24) is 4.98 Å². The van der Waals surface area contributed by atoms with Crippen LogP contribution in [0.25, 0.3) is 10.9 Å². The lowest BCUT2D eigenvalue weighted by molar-refractivity contribution is -0.159. The molecule has 2 aromatic carbocycles. The molecule has 1 unspecified atom stereocenters. The minimum atomic E-state index is -4.50. The lowest BCUT2D eigenvalue weighted by Gasteiger charge is -2.51. The van der Waals surface area contributed by atoms with E-state index in [2.05, 4.69) is 9.71 Å². The Morgan fingerprint density at radius 3 is 2.35 bits per heavy atom. The molecular weight excluding hydrogens is 472 g/mol. The Morgan fingerprint density at radius 1 is 1.03 bits per heavy atom. The van der Waals surface area contributed by atoms with Crippen LogP contribution in [0, 0.1) is 11.2 Å². The van der Waals surface area contributed by atoms with Crippen molar-refractivity contribution < 1.29 is 30.7 Å². The number of benzene rings is 2. The standard InChI is InChI=1S/C24H22F4N2O3S/c25-17-3-6-21-20(13-17)19(9-12-29-21)15-7-10-23(11-8-15)14-33-22(23)34(31,32)30-18-4-1-16(2-5-18)24(26,27)28/h1-6,9,12-13,15,22,30H,7-8,10-11,14H2. The Labute approximate surface area is 194 Å². The number of rotatable bonds is 4. The van der Waals surface area contributed by atoms with E-state index in [1.165, 1.54) is 12.1 Å². The second kappa shape index (κ2) is 8.20. The van der Waals surface area contributed by atoms with Crippen LogP contribution in [0.15, 0.2) is 54.7 Å². The molecule has 3 aromatic rings. The monoisotopic (exact) mass is 494 g/mol.